The van der Waals surface area contributed by atoms with Crippen molar-refractivity contribution >= 4 is 5.91 Å². The van der Waals surface area contributed by atoms with Crippen molar-refractivity contribution in [2.24, 2.45) is 5.41 Å². The maximum Gasteiger partial charge on any atom is 0.233 e. The molecule has 0 unspecified atom stereocenters. The van der Waals surface area contributed by atoms with Gasteiger partial charge in [0.15, 0.2) is 5.82 Å². The van der Waals surface area contributed by atoms with Gasteiger partial charge < -0.3 is 19.4 Å². The van der Waals surface area contributed by atoms with E-state index in [0.717, 1.165) is 42.8 Å². The summed E-state index contributed by atoms with van der Waals surface area (Å²) >= 11 is 0. The third kappa shape index (κ3) is 5.03. The number of nitrogens with one attached hydrogen (secondary N) is 1. The van der Waals surface area contributed by atoms with Gasteiger partial charge in [0.05, 0.1) is 30.0 Å². The summed E-state index contributed by atoms with van der Waals surface area (Å²) in [6, 6.07) is 9.94. The van der Waals surface area contributed by atoms with Crippen LogP contribution in [-0.4, -0.2) is 52.1 Å². The van der Waals surface area contributed by atoms with Crippen LogP contribution in [0.4, 0.5) is 4.39 Å². The van der Waals surface area contributed by atoms with Crippen LogP contribution < -0.4 is 0 Å². The standard InChI is InChI=1S/C26H31FN4O3/c1-4-14-31(15-5-2)25(32)26(3)16-33-24(34-17-26)23-29-21(18-6-8-20(27)9-7-18)22(30-23)19-10-12-28-13-11-19/h6-13,24H,4-5,14-17H2,1-3H3,(H,29,30). The minimum atomic E-state index is -0.749. The van der Waals surface area contributed by atoms with E-state index >= 15 is 0 Å². The molecule has 1 aliphatic heterocycles. The predicted octanol–water partition coefficient (Wildman–Crippen LogP) is 4.98. The molecule has 0 spiro atoms. The monoisotopic (exact) mass is 466 g/mol. The van der Waals surface area contributed by atoms with Gasteiger partial charge in [-0.05, 0) is 56.2 Å². The Morgan fingerprint density at radius 1 is 1.06 bits per heavy atom. The fraction of sp³-hybridized carbons (Fsp3) is 0.423. The first-order valence-corrected chi connectivity index (χ1v) is 11.7. The highest BCUT2D eigenvalue weighted by molar-refractivity contribution is 5.83. The van der Waals surface area contributed by atoms with Gasteiger partial charge in [-0.1, -0.05) is 13.8 Å². The molecule has 3 heterocycles. The normalized spacial score (nSPS) is 20.3. The van der Waals surface area contributed by atoms with Crippen LogP contribution in [0.25, 0.3) is 22.5 Å². The number of imidazole rings is 1. The molecule has 4 rings (SSSR count). The summed E-state index contributed by atoms with van der Waals surface area (Å²) in [5.41, 5.74) is 2.33. The molecule has 1 amide bonds. The average Bonchev–Trinajstić information content (AvgIpc) is 3.30. The number of H-pyrrole nitrogens is 1. The summed E-state index contributed by atoms with van der Waals surface area (Å²) in [5.74, 6) is 0.242. The summed E-state index contributed by atoms with van der Waals surface area (Å²) in [6.07, 6.45) is 4.48. The number of nitrogens with zero attached hydrogens (tertiary/aromatic N) is 3. The van der Waals surface area contributed by atoms with Gasteiger partial charge in [0.1, 0.15) is 5.82 Å². The lowest BCUT2D eigenvalue weighted by molar-refractivity contribution is -0.234. The summed E-state index contributed by atoms with van der Waals surface area (Å²) in [5, 5.41) is 0. The van der Waals surface area contributed by atoms with Crippen LogP contribution in [0.2, 0.25) is 0 Å². The molecule has 0 radical (unpaired) electrons. The molecule has 8 heteroatoms. The number of aromatic nitrogens is 3. The van der Waals surface area contributed by atoms with Crippen LogP contribution in [0.15, 0.2) is 48.8 Å². The number of ether oxygens (including phenoxy) is 2. The summed E-state index contributed by atoms with van der Waals surface area (Å²) in [7, 11) is 0. The Morgan fingerprint density at radius 3 is 2.26 bits per heavy atom. The van der Waals surface area contributed by atoms with Crippen molar-refractivity contribution in [3.63, 3.8) is 0 Å². The Balaban J connectivity index is 1.58. The number of carbonyl (C=O) groups is 1. The molecule has 1 fully saturated rings. The molecule has 0 saturated carbocycles. The number of aromatic amines is 1. The Kier molecular flexibility index (Phi) is 7.38. The molecule has 34 heavy (non-hydrogen) atoms. The molecule has 1 saturated heterocycles. The zero-order valence-corrected chi connectivity index (χ0v) is 19.9. The summed E-state index contributed by atoms with van der Waals surface area (Å²) < 4.78 is 25.6. The van der Waals surface area contributed by atoms with E-state index in [1.807, 2.05) is 24.0 Å². The first-order valence-electron chi connectivity index (χ1n) is 11.7. The van der Waals surface area contributed by atoms with Crippen molar-refractivity contribution < 1.29 is 18.7 Å². The molecule has 0 aliphatic carbocycles. The molecule has 1 aromatic carbocycles. The molecule has 1 aliphatic rings. The van der Waals surface area contributed by atoms with Gasteiger partial charge >= 0.3 is 0 Å². The number of halogens is 1. The number of hydrogen-bond donors (Lipinski definition) is 1. The topological polar surface area (TPSA) is 80.3 Å². The highest BCUT2D eigenvalue weighted by Crippen LogP contribution is 2.36. The quantitative estimate of drug-likeness (QED) is 0.507. The molecule has 3 aromatic rings. The lowest BCUT2D eigenvalue weighted by Crippen LogP contribution is -2.50. The van der Waals surface area contributed by atoms with Gasteiger partial charge in [-0.3, -0.25) is 9.78 Å². The van der Waals surface area contributed by atoms with Crippen molar-refractivity contribution in [2.75, 3.05) is 26.3 Å². The number of rotatable bonds is 8. The van der Waals surface area contributed by atoms with Crippen LogP contribution in [0.3, 0.4) is 0 Å². The molecular formula is C26H31FN4O3. The zero-order valence-electron chi connectivity index (χ0n) is 19.9. The van der Waals surface area contributed by atoms with Gasteiger partial charge in [-0.25, -0.2) is 9.37 Å². The molecule has 0 bridgehead atoms. The molecular weight excluding hydrogens is 435 g/mol. The lowest BCUT2D eigenvalue weighted by atomic mass is 9.90. The van der Waals surface area contributed by atoms with Crippen LogP contribution in [-0.2, 0) is 14.3 Å². The zero-order chi connectivity index (χ0) is 24.1. The van der Waals surface area contributed by atoms with Gasteiger partial charge in [0.25, 0.3) is 0 Å². The van der Waals surface area contributed by atoms with E-state index in [1.165, 1.54) is 12.1 Å². The van der Waals surface area contributed by atoms with Crippen LogP contribution in [0, 0.1) is 11.2 Å². The highest BCUT2D eigenvalue weighted by atomic mass is 19.1. The minimum absolute atomic E-state index is 0.0542. The highest BCUT2D eigenvalue weighted by Gasteiger charge is 2.42. The first-order chi connectivity index (χ1) is 16.4. The van der Waals surface area contributed by atoms with Crippen molar-refractivity contribution in [1.29, 1.82) is 0 Å². The number of pyridine rings is 1. The maximum absolute atomic E-state index is 13.5. The fourth-order valence-electron chi connectivity index (χ4n) is 4.17. The average molecular weight is 467 g/mol. The largest absolute Gasteiger partial charge is 0.345 e. The van der Waals surface area contributed by atoms with E-state index in [0.29, 0.717) is 11.5 Å². The smallest absolute Gasteiger partial charge is 0.233 e. The van der Waals surface area contributed by atoms with Gasteiger partial charge in [0.2, 0.25) is 12.2 Å². The molecule has 2 aromatic heterocycles. The van der Waals surface area contributed by atoms with E-state index < -0.39 is 11.7 Å². The first kappa shape index (κ1) is 24.0. The van der Waals surface area contributed by atoms with E-state index in [1.54, 1.807) is 24.5 Å². The maximum atomic E-state index is 13.5. The van der Waals surface area contributed by atoms with Crippen molar-refractivity contribution in [3.8, 4) is 22.5 Å². The van der Waals surface area contributed by atoms with E-state index in [9.17, 15) is 9.18 Å². The van der Waals surface area contributed by atoms with Crippen molar-refractivity contribution in [3.05, 3.63) is 60.4 Å². The second kappa shape index (κ2) is 10.4. The second-order valence-electron chi connectivity index (χ2n) is 8.90. The lowest BCUT2D eigenvalue weighted by Gasteiger charge is -2.38. The van der Waals surface area contributed by atoms with Crippen LogP contribution in [0.5, 0.6) is 0 Å². The second-order valence-corrected chi connectivity index (χ2v) is 8.90. The number of amides is 1. The number of benzene rings is 1. The molecule has 180 valence electrons. The Bertz CT molecular complexity index is 1090. The van der Waals surface area contributed by atoms with Crippen LogP contribution in [0.1, 0.15) is 45.7 Å². The Hall–Kier alpha value is -3.10. The van der Waals surface area contributed by atoms with E-state index in [2.05, 4.69) is 23.8 Å². The van der Waals surface area contributed by atoms with Crippen LogP contribution >= 0.6 is 0 Å². The Morgan fingerprint density at radius 2 is 1.68 bits per heavy atom. The minimum Gasteiger partial charge on any atom is -0.345 e. The Labute approximate surface area is 199 Å². The van der Waals surface area contributed by atoms with Gasteiger partial charge in [-0.15, -0.1) is 0 Å². The predicted molar refractivity (Wildman–Crippen MR) is 127 cm³/mol. The van der Waals surface area contributed by atoms with Gasteiger partial charge in [0, 0.05) is 36.6 Å². The summed E-state index contributed by atoms with van der Waals surface area (Å²) in [4.78, 5) is 27.3. The van der Waals surface area contributed by atoms with Crippen molar-refractivity contribution in [1.82, 2.24) is 19.9 Å². The van der Waals surface area contributed by atoms with E-state index in [-0.39, 0.29) is 24.9 Å². The van der Waals surface area contributed by atoms with E-state index in [4.69, 9.17) is 14.5 Å². The third-order valence-electron chi connectivity index (χ3n) is 5.93. The SMILES string of the molecule is CCCN(CCC)C(=O)C1(C)COC(c2nc(-c3ccc(F)cc3)c(-c3ccncc3)[nH]2)OC1. The molecule has 0 atom stereocenters. The fourth-order valence-corrected chi connectivity index (χ4v) is 4.17. The molecule has 1 N–H and O–H groups in total. The summed E-state index contributed by atoms with van der Waals surface area (Å²) in [6.45, 7) is 7.93. The number of hydrogen-bond acceptors (Lipinski definition) is 5. The molecule has 7 nitrogen and oxygen atoms in total. The van der Waals surface area contributed by atoms with Crippen molar-refractivity contribution in [2.45, 2.75) is 39.9 Å². The third-order valence-corrected chi connectivity index (χ3v) is 5.93. The number of carbonyl (C=O) groups excluding carboxylic acids is 1. The van der Waals surface area contributed by atoms with Gasteiger partial charge in [-0.2, -0.15) is 0 Å².